The van der Waals surface area contributed by atoms with Crippen molar-refractivity contribution in [3.8, 4) is 0 Å². The van der Waals surface area contributed by atoms with Crippen molar-refractivity contribution in [2.24, 2.45) is 0 Å². The molecule has 0 spiro atoms. The van der Waals surface area contributed by atoms with Crippen molar-refractivity contribution in [2.45, 2.75) is 32.8 Å². The Labute approximate surface area is 98.5 Å². The van der Waals surface area contributed by atoms with Gasteiger partial charge in [-0.25, -0.2) is 4.79 Å². The van der Waals surface area contributed by atoms with Gasteiger partial charge in [0.15, 0.2) is 0 Å². The number of carbonyl (C=O) groups is 1. The fourth-order valence-electron chi connectivity index (χ4n) is 1.70. The van der Waals surface area contributed by atoms with Gasteiger partial charge in [0.05, 0.1) is 0 Å². The Morgan fingerprint density at radius 3 is 2.25 bits per heavy atom. The summed E-state index contributed by atoms with van der Waals surface area (Å²) in [5.74, 6) is 0. The molecule has 4 nitrogen and oxygen atoms in total. The molecule has 0 unspecified atom stereocenters. The van der Waals surface area contributed by atoms with Crippen molar-refractivity contribution in [1.29, 1.82) is 0 Å². The van der Waals surface area contributed by atoms with Crippen molar-refractivity contribution >= 4 is 6.09 Å². The molecule has 93 valence electrons. The van der Waals surface area contributed by atoms with Crippen LogP contribution in [-0.2, 0) is 4.74 Å². The van der Waals surface area contributed by atoms with E-state index in [1.165, 1.54) is 0 Å². The maximum Gasteiger partial charge on any atom is 0.410 e. The third-order valence-corrected chi connectivity index (χ3v) is 2.50. The van der Waals surface area contributed by atoms with Crippen molar-refractivity contribution in [1.82, 2.24) is 9.80 Å². The highest BCUT2D eigenvalue weighted by molar-refractivity contribution is 5.68. The highest BCUT2D eigenvalue weighted by Gasteiger charge is 2.25. The number of hydrogen-bond acceptors (Lipinski definition) is 3. The summed E-state index contributed by atoms with van der Waals surface area (Å²) in [6, 6.07) is 0. The van der Waals surface area contributed by atoms with Crippen LogP contribution in [0.1, 0.15) is 27.2 Å². The maximum atomic E-state index is 11.8. The van der Waals surface area contributed by atoms with Crippen molar-refractivity contribution < 1.29 is 9.53 Å². The fourth-order valence-corrected chi connectivity index (χ4v) is 1.70. The molecule has 4 heteroatoms. The number of rotatable bonds is 2. The maximum absolute atomic E-state index is 11.8. The molecule has 1 fully saturated rings. The molecular weight excluding hydrogens is 204 g/mol. The van der Waals surface area contributed by atoms with Crippen molar-refractivity contribution in [2.75, 3.05) is 32.7 Å². The number of piperazine rings is 1. The molecule has 1 aliphatic rings. The van der Waals surface area contributed by atoms with Gasteiger partial charge in [-0.1, -0.05) is 6.92 Å². The van der Waals surface area contributed by atoms with Crippen LogP contribution in [-0.4, -0.2) is 54.2 Å². The second-order valence-electron chi connectivity index (χ2n) is 5.16. The number of ether oxygens (including phenoxy) is 1. The van der Waals surface area contributed by atoms with Gasteiger partial charge >= 0.3 is 6.09 Å². The molecule has 0 aromatic carbocycles. The SMILES string of the molecule is [CH2]CCN1CCN(C(=O)OC(C)(C)C)CC1. The highest BCUT2D eigenvalue weighted by Crippen LogP contribution is 2.11. The monoisotopic (exact) mass is 227 g/mol. The van der Waals surface area contributed by atoms with Gasteiger partial charge in [0.2, 0.25) is 0 Å². The Bertz CT molecular complexity index is 228. The summed E-state index contributed by atoms with van der Waals surface area (Å²) in [4.78, 5) is 15.9. The van der Waals surface area contributed by atoms with E-state index in [1.54, 1.807) is 4.90 Å². The van der Waals surface area contributed by atoms with Gasteiger partial charge in [-0.15, -0.1) is 0 Å². The minimum Gasteiger partial charge on any atom is -0.444 e. The molecule has 0 aromatic heterocycles. The number of hydrogen-bond donors (Lipinski definition) is 0. The number of nitrogens with zero attached hydrogens (tertiary/aromatic N) is 2. The van der Waals surface area contributed by atoms with E-state index in [4.69, 9.17) is 4.74 Å². The summed E-state index contributed by atoms with van der Waals surface area (Å²) >= 11 is 0. The van der Waals surface area contributed by atoms with Crippen LogP contribution >= 0.6 is 0 Å². The summed E-state index contributed by atoms with van der Waals surface area (Å²) in [6.45, 7) is 13.9. The standard InChI is InChI=1S/C12H23N2O2/c1-5-6-13-7-9-14(10-8-13)11(15)16-12(2,3)4/h1,5-10H2,2-4H3. The molecule has 0 aromatic rings. The summed E-state index contributed by atoms with van der Waals surface area (Å²) in [5, 5.41) is 0. The van der Waals surface area contributed by atoms with Crippen LogP contribution in [0.25, 0.3) is 0 Å². The molecule has 16 heavy (non-hydrogen) atoms. The van der Waals surface area contributed by atoms with Gasteiger partial charge in [-0.3, -0.25) is 4.90 Å². The zero-order chi connectivity index (χ0) is 12.2. The Morgan fingerprint density at radius 1 is 1.25 bits per heavy atom. The van der Waals surface area contributed by atoms with Gasteiger partial charge in [0.25, 0.3) is 0 Å². The molecule has 1 saturated heterocycles. The average molecular weight is 227 g/mol. The van der Waals surface area contributed by atoms with E-state index in [-0.39, 0.29) is 6.09 Å². The van der Waals surface area contributed by atoms with Crippen LogP contribution in [0, 0.1) is 6.92 Å². The summed E-state index contributed by atoms with van der Waals surface area (Å²) < 4.78 is 5.33. The second kappa shape index (κ2) is 5.53. The fraction of sp³-hybridized carbons (Fsp3) is 0.833. The molecule has 0 N–H and O–H groups in total. The Hall–Kier alpha value is -0.770. The minimum atomic E-state index is -0.401. The van der Waals surface area contributed by atoms with Gasteiger partial charge in [0.1, 0.15) is 5.60 Å². The molecule has 1 heterocycles. The minimum absolute atomic E-state index is 0.193. The molecule has 0 atom stereocenters. The quantitative estimate of drug-likeness (QED) is 0.720. The molecule has 0 aliphatic carbocycles. The lowest BCUT2D eigenvalue weighted by molar-refractivity contribution is 0.0146. The summed E-state index contributed by atoms with van der Waals surface area (Å²) in [6.07, 6.45) is 0.730. The first kappa shape index (κ1) is 13.3. The molecule has 0 saturated carbocycles. The Kier molecular flexibility index (Phi) is 4.59. The summed E-state index contributed by atoms with van der Waals surface area (Å²) in [7, 11) is 0. The van der Waals surface area contributed by atoms with Crippen molar-refractivity contribution in [3.63, 3.8) is 0 Å². The first-order valence-corrected chi connectivity index (χ1v) is 5.92. The largest absolute Gasteiger partial charge is 0.444 e. The molecule has 1 aliphatic heterocycles. The van der Waals surface area contributed by atoms with Crippen LogP contribution in [0.2, 0.25) is 0 Å². The van der Waals surface area contributed by atoms with Crippen LogP contribution in [0.5, 0.6) is 0 Å². The summed E-state index contributed by atoms with van der Waals surface area (Å²) in [5.41, 5.74) is -0.401. The van der Waals surface area contributed by atoms with Gasteiger partial charge < -0.3 is 9.64 Å². The predicted molar refractivity (Wildman–Crippen MR) is 64.2 cm³/mol. The number of carbonyl (C=O) groups excluding carboxylic acids is 1. The second-order valence-corrected chi connectivity index (χ2v) is 5.16. The van der Waals surface area contributed by atoms with E-state index < -0.39 is 5.60 Å². The molecule has 0 bridgehead atoms. The van der Waals surface area contributed by atoms with Crippen LogP contribution < -0.4 is 0 Å². The average Bonchev–Trinajstić information content (AvgIpc) is 2.16. The van der Waals surface area contributed by atoms with E-state index in [0.717, 1.165) is 39.1 Å². The van der Waals surface area contributed by atoms with Gasteiger partial charge in [0, 0.05) is 26.2 Å². The van der Waals surface area contributed by atoms with Crippen LogP contribution in [0.3, 0.4) is 0 Å². The zero-order valence-electron chi connectivity index (χ0n) is 10.7. The third kappa shape index (κ3) is 4.39. The number of amides is 1. The Balaban J connectivity index is 2.33. The zero-order valence-corrected chi connectivity index (χ0v) is 10.7. The molecule has 1 radical (unpaired) electrons. The lowest BCUT2D eigenvalue weighted by Crippen LogP contribution is -2.50. The molecular formula is C12H23N2O2. The van der Waals surface area contributed by atoms with Gasteiger partial charge in [-0.2, -0.15) is 0 Å². The smallest absolute Gasteiger partial charge is 0.410 e. The van der Waals surface area contributed by atoms with Gasteiger partial charge in [-0.05, 0) is 33.7 Å². The lowest BCUT2D eigenvalue weighted by atomic mass is 10.2. The third-order valence-electron chi connectivity index (χ3n) is 2.50. The molecule has 1 rings (SSSR count). The highest BCUT2D eigenvalue weighted by atomic mass is 16.6. The normalized spacial score (nSPS) is 18.6. The van der Waals surface area contributed by atoms with E-state index in [0.29, 0.717) is 0 Å². The Morgan fingerprint density at radius 2 is 1.81 bits per heavy atom. The van der Waals surface area contributed by atoms with Crippen LogP contribution in [0.15, 0.2) is 0 Å². The van der Waals surface area contributed by atoms with E-state index in [2.05, 4.69) is 11.8 Å². The van der Waals surface area contributed by atoms with Crippen molar-refractivity contribution in [3.05, 3.63) is 6.92 Å². The molecule has 1 amide bonds. The predicted octanol–water partition coefficient (Wildman–Crippen LogP) is 1.76. The first-order valence-electron chi connectivity index (χ1n) is 5.92. The van der Waals surface area contributed by atoms with Crippen LogP contribution in [0.4, 0.5) is 4.79 Å². The first-order chi connectivity index (χ1) is 7.42. The van der Waals surface area contributed by atoms with E-state index >= 15 is 0 Å². The van der Waals surface area contributed by atoms with E-state index in [9.17, 15) is 4.79 Å². The topological polar surface area (TPSA) is 32.8 Å². The van der Waals surface area contributed by atoms with E-state index in [1.807, 2.05) is 20.8 Å². The lowest BCUT2D eigenvalue weighted by Gasteiger charge is -2.35.